The molecule has 0 bridgehead atoms. The Kier molecular flexibility index (Phi) is 9.18. The standard InChI is InChI=1S/C26H28N4O5S/c1-4-8-18-13-17(11-12-20(18)31)14-27-30-22(32)15-35-21-10-7-6-9-19(21)24-23(25(33)34-5-2)16(3)28-26(36)29-24/h4,6-7,9-14,24,31H,1,5,8,15H2,2-3H3,(H,30,32)(H2,28,29,36)/t24-/m0/s1. The molecule has 2 aromatic rings. The Balaban J connectivity index is 1.69. The van der Waals surface area contributed by atoms with E-state index >= 15 is 0 Å². The number of carbonyl (C=O) groups is 2. The number of amides is 1. The number of hydrogen-bond donors (Lipinski definition) is 4. The van der Waals surface area contributed by atoms with Gasteiger partial charge in [0.2, 0.25) is 0 Å². The molecule has 2 aromatic carbocycles. The SMILES string of the molecule is C=CCc1cc(C=NNC(=O)COc2ccccc2[C@@H]2NC(=S)NC(C)=C2C(=O)OCC)ccc1O. The maximum atomic E-state index is 12.6. The van der Waals surface area contributed by atoms with E-state index in [1.165, 1.54) is 6.21 Å². The van der Waals surface area contributed by atoms with Crippen molar-refractivity contribution in [3.05, 3.63) is 83.1 Å². The number of rotatable bonds is 10. The van der Waals surface area contributed by atoms with Gasteiger partial charge in [0.05, 0.1) is 24.4 Å². The van der Waals surface area contributed by atoms with Crippen LogP contribution in [0.25, 0.3) is 0 Å². The first-order chi connectivity index (χ1) is 17.3. The number of ether oxygens (including phenoxy) is 2. The summed E-state index contributed by atoms with van der Waals surface area (Å²) in [7, 11) is 0. The Labute approximate surface area is 214 Å². The largest absolute Gasteiger partial charge is 0.508 e. The Bertz CT molecular complexity index is 1220. The first-order valence-electron chi connectivity index (χ1n) is 11.3. The number of allylic oxidation sites excluding steroid dienone is 2. The van der Waals surface area contributed by atoms with Gasteiger partial charge in [0.15, 0.2) is 11.7 Å². The quantitative estimate of drug-likeness (QED) is 0.127. The van der Waals surface area contributed by atoms with Crippen molar-refractivity contribution in [1.82, 2.24) is 16.1 Å². The van der Waals surface area contributed by atoms with Gasteiger partial charge >= 0.3 is 5.97 Å². The highest BCUT2D eigenvalue weighted by Gasteiger charge is 2.32. The van der Waals surface area contributed by atoms with E-state index < -0.39 is 17.9 Å². The lowest BCUT2D eigenvalue weighted by Crippen LogP contribution is -2.45. The minimum atomic E-state index is -0.616. The van der Waals surface area contributed by atoms with E-state index in [9.17, 15) is 14.7 Å². The number of aromatic hydroxyl groups is 1. The zero-order valence-corrected chi connectivity index (χ0v) is 20.9. The van der Waals surface area contributed by atoms with Crippen molar-refractivity contribution in [3.8, 4) is 11.5 Å². The Morgan fingerprint density at radius 2 is 2.06 bits per heavy atom. The highest BCUT2D eigenvalue weighted by atomic mass is 32.1. The summed E-state index contributed by atoms with van der Waals surface area (Å²) in [5.41, 5.74) is 5.41. The third-order valence-corrected chi connectivity index (χ3v) is 5.44. The molecule has 0 spiro atoms. The molecule has 0 saturated carbocycles. The lowest BCUT2D eigenvalue weighted by atomic mass is 9.95. The Morgan fingerprint density at radius 1 is 1.28 bits per heavy atom. The van der Waals surface area contributed by atoms with Crippen molar-refractivity contribution in [2.45, 2.75) is 26.3 Å². The van der Waals surface area contributed by atoms with E-state index in [2.05, 4.69) is 27.7 Å². The van der Waals surface area contributed by atoms with Crippen LogP contribution in [-0.4, -0.2) is 41.5 Å². The van der Waals surface area contributed by atoms with Crippen molar-refractivity contribution < 1.29 is 24.2 Å². The molecule has 188 valence electrons. The zero-order chi connectivity index (χ0) is 26.1. The predicted molar refractivity (Wildman–Crippen MR) is 141 cm³/mol. The Hall–Kier alpha value is -4.18. The normalized spacial score (nSPS) is 15.2. The van der Waals surface area contributed by atoms with Gasteiger partial charge in [-0.15, -0.1) is 6.58 Å². The number of thiocarbonyl (C=S) groups is 1. The number of carbonyl (C=O) groups excluding carboxylic acids is 2. The minimum absolute atomic E-state index is 0.170. The molecule has 4 N–H and O–H groups in total. The van der Waals surface area contributed by atoms with Gasteiger partial charge in [-0.1, -0.05) is 24.3 Å². The third kappa shape index (κ3) is 6.70. The van der Waals surface area contributed by atoms with E-state index in [1.807, 2.05) is 0 Å². The molecule has 0 saturated heterocycles. The van der Waals surface area contributed by atoms with Gasteiger partial charge in [-0.25, -0.2) is 10.2 Å². The number of nitrogens with zero attached hydrogens (tertiary/aromatic N) is 1. The lowest BCUT2D eigenvalue weighted by Gasteiger charge is -2.30. The fourth-order valence-electron chi connectivity index (χ4n) is 3.62. The first-order valence-corrected chi connectivity index (χ1v) is 11.7. The molecule has 0 aliphatic carbocycles. The molecule has 1 aliphatic heterocycles. The van der Waals surface area contributed by atoms with Crippen LogP contribution < -0.4 is 20.8 Å². The van der Waals surface area contributed by atoms with Gasteiger partial charge in [0.1, 0.15) is 11.5 Å². The lowest BCUT2D eigenvalue weighted by molar-refractivity contribution is -0.139. The zero-order valence-electron chi connectivity index (χ0n) is 20.0. The van der Waals surface area contributed by atoms with Gasteiger partial charge in [-0.05, 0) is 67.9 Å². The maximum Gasteiger partial charge on any atom is 0.338 e. The number of para-hydroxylation sites is 1. The first kappa shape index (κ1) is 26.4. The van der Waals surface area contributed by atoms with Crippen LogP contribution in [0.4, 0.5) is 0 Å². The number of benzene rings is 2. The summed E-state index contributed by atoms with van der Waals surface area (Å²) in [6.07, 6.45) is 3.67. The fourth-order valence-corrected chi connectivity index (χ4v) is 3.89. The molecule has 9 nitrogen and oxygen atoms in total. The topological polar surface area (TPSA) is 121 Å². The Morgan fingerprint density at radius 3 is 2.81 bits per heavy atom. The van der Waals surface area contributed by atoms with E-state index in [1.54, 1.807) is 62.4 Å². The molecular weight excluding hydrogens is 480 g/mol. The monoisotopic (exact) mass is 508 g/mol. The van der Waals surface area contributed by atoms with Crippen LogP contribution in [0.3, 0.4) is 0 Å². The summed E-state index contributed by atoms with van der Waals surface area (Å²) < 4.78 is 11.0. The summed E-state index contributed by atoms with van der Waals surface area (Å²) in [5, 5.41) is 20.2. The van der Waals surface area contributed by atoms with E-state index in [4.69, 9.17) is 21.7 Å². The van der Waals surface area contributed by atoms with Gasteiger partial charge in [0.25, 0.3) is 5.91 Å². The average Bonchev–Trinajstić information content (AvgIpc) is 2.84. The minimum Gasteiger partial charge on any atom is -0.508 e. The van der Waals surface area contributed by atoms with Crippen molar-refractivity contribution >= 4 is 35.4 Å². The number of hydrogen-bond acceptors (Lipinski definition) is 7. The smallest absolute Gasteiger partial charge is 0.338 e. The van der Waals surface area contributed by atoms with E-state index in [0.29, 0.717) is 45.2 Å². The van der Waals surface area contributed by atoms with Crippen LogP contribution in [0, 0.1) is 0 Å². The second-order valence-electron chi connectivity index (χ2n) is 7.79. The number of hydrazone groups is 1. The van der Waals surface area contributed by atoms with Crippen molar-refractivity contribution in [3.63, 3.8) is 0 Å². The molecule has 36 heavy (non-hydrogen) atoms. The molecule has 10 heteroatoms. The summed E-state index contributed by atoms with van der Waals surface area (Å²) in [6, 6.07) is 11.4. The second-order valence-corrected chi connectivity index (χ2v) is 8.20. The number of esters is 1. The molecule has 1 aliphatic rings. The van der Waals surface area contributed by atoms with Crippen LogP contribution in [0.1, 0.15) is 36.6 Å². The molecule has 0 unspecified atom stereocenters. The van der Waals surface area contributed by atoms with Gasteiger partial charge in [-0.3, -0.25) is 4.79 Å². The highest BCUT2D eigenvalue weighted by molar-refractivity contribution is 7.80. The predicted octanol–water partition coefficient (Wildman–Crippen LogP) is 3.01. The molecule has 0 radical (unpaired) electrons. The third-order valence-electron chi connectivity index (χ3n) is 5.22. The maximum absolute atomic E-state index is 12.6. The molecule has 0 aromatic heterocycles. The molecular formula is C26H28N4O5S. The van der Waals surface area contributed by atoms with Gasteiger partial charge in [0, 0.05) is 11.3 Å². The van der Waals surface area contributed by atoms with Crippen LogP contribution >= 0.6 is 12.2 Å². The summed E-state index contributed by atoms with van der Waals surface area (Å²) >= 11 is 5.28. The van der Waals surface area contributed by atoms with Crippen LogP contribution in [0.2, 0.25) is 0 Å². The number of phenolic OH excluding ortho intramolecular Hbond substituents is 1. The van der Waals surface area contributed by atoms with Crippen molar-refractivity contribution in [1.29, 1.82) is 0 Å². The molecule has 1 atom stereocenters. The molecule has 1 heterocycles. The number of phenols is 1. The fraction of sp³-hybridized carbons (Fsp3) is 0.231. The molecule has 0 fully saturated rings. The van der Waals surface area contributed by atoms with Gasteiger partial charge in [-0.2, -0.15) is 5.10 Å². The van der Waals surface area contributed by atoms with E-state index in [-0.39, 0.29) is 19.0 Å². The van der Waals surface area contributed by atoms with E-state index in [0.717, 1.165) is 0 Å². The molecule has 3 rings (SSSR count). The summed E-state index contributed by atoms with van der Waals surface area (Å²) in [6.45, 7) is 7.07. The van der Waals surface area contributed by atoms with Crippen molar-refractivity contribution in [2.75, 3.05) is 13.2 Å². The van der Waals surface area contributed by atoms with Crippen molar-refractivity contribution in [2.24, 2.45) is 5.10 Å². The second kappa shape index (κ2) is 12.5. The average molecular weight is 509 g/mol. The van der Waals surface area contributed by atoms with Crippen LogP contribution in [0.5, 0.6) is 11.5 Å². The van der Waals surface area contributed by atoms with Gasteiger partial charge < -0.3 is 25.2 Å². The molecule has 1 amide bonds. The van der Waals surface area contributed by atoms with Crippen LogP contribution in [-0.2, 0) is 20.7 Å². The highest BCUT2D eigenvalue weighted by Crippen LogP contribution is 2.33. The van der Waals surface area contributed by atoms with Crippen LogP contribution in [0.15, 0.2) is 71.5 Å². The number of nitrogens with one attached hydrogen (secondary N) is 3. The summed E-state index contributed by atoms with van der Waals surface area (Å²) in [4.78, 5) is 25.0. The summed E-state index contributed by atoms with van der Waals surface area (Å²) in [5.74, 6) is -0.378.